The molecule has 9 nitrogen and oxygen atoms in total. The summed E-state index contributed by atoms with van der Waals surface area (Å²) in [6.07, 6.45) is 7.33. The smallest absolute Gasteiger partial charge is 0.307 e. The lowest BCUT2D eigenvalue weighted by Gasteiger charge is -2.22. The number of fused-ring (bicyclic) bond motifs is 1. The van der Waals surface area contributed by atoms with Gasteiger partial charge in [0.25, 0.3) is 5.91 Å². The van der Waals surface area contributed by atoms with Gasteiger partial charge in [0.2, 0.25) is 0 Å². The van der Waals surface area contributed by atoms with Crippen molar-refractivity contribution < 1.29 is 18.0 Å². The van der Waals surface area contributed by atoms with E-state index in [0.29, 0.717) is 17.7 Å². The molecular formula is C34H32F3N7O2. The molecule has 1 saturated heterocycles. The predicted octanol–water partition coefficient (Wildman–Crippen LogP) is 5.93. The van der Waals surface area contributed by atoms with Crippen LogP contribution in [0.4, 0.5) is 18.9 Å². The van der Waals surface area contributed by atoms with E-state index in [1.54, 1.807) is 18.2 Å². The maximum atomic E-state index is 14.3. The van der Waals surface area contributed by atoms with Gasteiger partial charge in [0.15, 0.2) is 11.5 Å². The van der Waals surface area contributed by atoms with Gasteiger partial charge in [-0.1, -0.05) is 54.1 Å². The maximum Gasteiger partial charge on any atom is 0.435 e. The Morgan fingerprint density at radius 1 is 0.870 bits per heavy atom. The third kappa shape index (κ3) is 5.87. The Labute approximate surface area is 262 Å². The minimum absolute atomic E-state index is 0.0439. The van der Waals surface area contributed by atoms with Gasteiger partial charge in [0.1, 0.15) is 5.69 Å². The van der Waals surface area contributed by atoms with Crippen LogP contribution in [0.5, 0.6) is 0 Å². The Hall–Kier alpha value is -4.97. The van der Waals surface area contributed by atoms with E-state index >= 15 is 0 Å². The molecule has 4 aromatic rings. The number of benzene rings is 2. The van der Waals surface area contributed by atoms with Crippen LogP contribution in [-0.2, 0) is 12.6 Å². The third-order valence-electron chi connectivity index (χ3n) is 8.71. The molecule has 0 unspecified atom stereocenters. The van der Waals surface area contributed by atoms with Crippen molar-refractivity contribution in [3.63, 3.8) is 0 Å². The number of anilines is 1. The lowest BCUT2D eigenvalue weighted by atomic mass is 9.98. The number of rotatable bonds is 6. The highest BCUT2D eigenvalue weighted by atomic mass is 19.4. The zero-order chi connectivity index (χ0) is 31.8. The van der Waals surface area contributed by atoms with E-state index < -0.39 is 23.5 Å². The maximum absolute atomic E-state index is 14.3. The molecule has 12 heteroatoms. The number of amides is 1. The summed E-state index contributed by atoms with van der Waals surface area (Å²) in [5, 5.41) is 10.1. The summed E-state index contributed by atoms with van der Waals surface area (Å²) in [6, 6.07) is 14.0. The Morgan fingerprint density at radius 3 is 2.39 bits per heavy atom. The van der Waals surface area contributed by atoms with E-state index in [1.807, 2.05) is 30.3 Å². The molecule has 0 atom stereocenters. The second-order valence-electron chi connectivity index (χ2n) is 11.8. The summed E-state index contributed by atoms with van der Waals surface area (Å²) in [5.74, 6) is -0.346. The molecule has 2 N–H and O–H groups in total. The fourth-order valence-electron chi connectivity index (χ4n) is 6.52. The molecular weight excluding hydrogens is 595 g/mol. The number of halogens is 3. The van der Waals surface area contributed by atoms with Crippen LogP contribution >= 0.6 is 0 Å². The second kappa shape index (κ2) is 12.1. The third-order valence-corrected chi connectivity index (χ3v) is 8.71. The first-order valence-corrected chi connectivity index (χ1v) is 15.4. The average molecular weight is 628 g/mol. The first-order valence-electron chi connectivity index (χ1n) is 15.4. The number of H-pyrrole nitrogens is 2. The number of aromatic amines is 2. The Kier molecular flexibility index (Phi) is 7.81. The molecule has 46 heavy (non-hydrogen) atoms. The summed E-state index contributed by atoms with van der Waals surface area (Å²) < 4.78 is 43.8. The molecule has 0 radical (unpaired) electrons. The highest BCUT2D eigenvalue weighted by Crippen LogP contribution is 2.37. The quantitative estimate of drug-likeness (QED) is 0.276. The number of alkyl halides is 3. The van der Waals surface area contributed by atoms with Crippen molar-refractivity contribution in [3.8, 4) is 17.1 Å². The fraction of sp³-hybridized carbons (Fsp3) is 0.294. The summed E-state index contributed by atoms with van der Waals surface area (Å²) >= 11 is 0. The number of likely N-dealkylation sites (tertiary alicyclic amines) is 1. The first kappa shape index (κ1) is 29.7. The summed E-state index contributed by atoms with van der Waals surface area (Å²) in [4.78, 5) is 32.3. The van der Waals surface area contributed by atoms with Crippen LogP contribution in [0.2, 0.25) is 0 Å². The van der Waals surface area contributed by atoms with Crippen LogP contribution in [0.1, 0.15) is 53.0 Å². The Balaban J connectivity index is 1.20. The van der Waals surface area contributed by atoms with E-state index in [4.69, 9.17) is 0 Å². The second-order valence-corrected chi connectivity index (χ2v) is 11.8. The Morgan fingerprint density at radius 2 is 1.65 bits per heavy atom. The van der Waals surface area contributed by atoms with Crippen LogP contribution in [0.15, 0.2) is 83.2 Å². The number of hydrogen-bond acceptors (Lipinski definition) is 5. The molecule has 7 rings (SSSR count). The van der Waals surface area contributed by atoms with Gasteiger partial charge < -0.3 is 4.90 Å². The van der Waals surface area contributed by atoms with Crippen molar-refractivity contribution >= 4 is 17.2 Å². The van der Waals surface area contributed by atoms with Crippen molar-refractivity contribution in [1.29, 1.82) is 0 Å². The average Bonchev–Trinajstić information content (AvgIpc) is 3.74. The van der Waals surface area contributed by atoms with Crippen molar-refractivity contribution in [2.24, 2.45) is 0 Å². The zero-order valence-electron chi connectivity index (χ0n) is 25.0. The molecule has 1 aliphatic carbocycles. The monoisotopic (exact) mass is 627 g/mol. The van der Waals surface area contributed by atoms with E-state index in [1.165, 1.54) is 35.0 Å². The normalized spacial score (nSPS) is 17.5. The molecule has 3 aliphatic rings. The number of hydrogen-bond donors (Lipinski definition) is 2. The molecule has 0 spiro atoms. The summed E-state index contributed by atoms with van der Waals surface area (Å²) in [7, 11) is 0. The molecule has 4 heterocycles. The minimum Gasteiger partial charge on any atom is -0.307 e. The van der Waals surface area contributed by atoms with Crippen LogP contribution in [-0.4, -0.2) is 61.9 Å². The van der Waals surface area contributed by atoms with E-state index in [2.05, 4.69) is 43.4 Å². The van der Waals surface area contributed by atoms with Gasteiger partial charge in [-0.2, -0.15) is 23.4 Å². The van der Waals surface area contributed by atoms with E-state index in [-0.39, 0.29) is 35.7 Å². The number of aromatic nitrogens is 5. The van der Waals surface area contributed by atoms with E-state index in [0.717, 1.165) is 36.3 Å². The van der Waals surface area contributed by atoms with Crippen LogP contribution in [0.3, 0.4) is 0 Å². The molecule has 0 saturated carbocycles. The molecule has 1 amide bonds. The highest BCUT2D eigenvalue weighted by molar-refractivity contribution is 6.07. The molecule has 1 fully saturated rings. The molecule has 2 aliphatic heterocycles. The van der Waals surface area contributed by atoms with Gasteiger partial charge >= 0.3 is 11.9 Å². The van der Waals surface area contributed by atoms with Gasteiger partial charge in [0, 0.05) is 29.9 Å². The van der Waals surface area contributed by atoms with Gasteiger partial charge in [-0.25, -0.2) is 14.6 Å². The van der Waals surface area contributed by atoms with Gasteiger partial charge in [-0.15, -0.1) is 0 Å². The van der Waals surface area contributed by atoms with E-state index in [9.17, 15) is 22.8 Å². The standard InChI is InChI=1S/C34H32F3N7O2/c35-34(36,37)30-28-11-6-18-43(32(45)29(28)44(41-30)27-10-5-9-25(20-27)31-38-33(46)40-39-31)26-14-12-23(13-15-26)24-8-2-1-7-22(19-24)21-42-16-3-4-17-42/h1-2,5,7-10,12-15,20H,3-4,6,11,16-19,21H2,(H2,38,39,40,46). The van der Waals surface area contributed by atoms with Gasteiger partial charge in [-0.3, -0.25) is 14.7 Å². The van der Waals surface area contributed by atoms with Crippen molar-refractivity contribution in [2.75, 3.05) is 31.1 Å². The number of allylic oxidation sites excluding steroid dienone is 5. The summed E-state index contributed by atoms with van der Waals surface area (Å²) in [6.45, 7) is 3.45. The van der Waals surface area contributed by atoms with Gasteiger partial charge in [-0.05, 0) is 80.6 Å². The van der Waals surface area contributed by atoms with Crippen molar-refractivity contribution in [1.82, 2.24) is 29.9 Å². The van der Waals surface area contributed by atoms with Crippen LogP contribution in [0, 0.1) is 0 Å². The highest BCUT2D eigenvalue weighted by Gasteiger charge is 2.42. The van der Waals surface area contributed by atoms with Crippen LogP contribution < -0.4 is 10.6 Å². The molecule has 0 bridgehead atoms. The topological polar surface area (TPSA) is 103 Å². The Bertz CT molecular complexity index is 1920. The molecule has 2 aromatic heterocycles. The SMILES string of the molecule is O=C1c2c(c(C(F)(F)F)nn2-c2cccc(-c3n[nH]c(=O)[nH]3)c2)CCCN1c1ccc(C2=CC=CC=C(CN3CCCC3)C2)cc1. The largest absolute Gasteiger partial charge is 0.435 e. The summed E-state index contributed by atoms with van der Waals surface area (Å²) in [5.41, 5.74) is 2.99. The molecule has 2 aromatic carbocycles. The number of nitrogens with zero attached hydrogens (tertiary/aromatic N) is 5. The van der Waals surface area contributed by atoms with Crippen molar-refractivity contribution in [2.45, 2.75) is 38.3 Å². The lowest BCUT2D eigenvalue weighted by Crippen LogP contribution is -2.32. The lowest BCUT2D eigenvalue weighted by molar-refractivity contribution is -0.141. The van der Waals surface area contributed by atoms with Gasteiger partial charge in [0.05, 0.1) is 5.69 Å². The van der Waals surface area contributed by atoms with Crippen LogP contribution in [0.25, 0.3) is 22.6 Å². The first-order chi connectivity index (χ1) is 22.2. The predicted molar refractivity (Wildman–Crippen MR) is 169 cm³/mol. The number of carbonyl (C=O) groups excluding carboxylic acids is 1. The zero-order valence-corrected chi connectivity index (χ0v) is 25.0. The fourth-order valence-corrected chi connectivity index (χ4v) is 6.52. The van der Waals surface area contributed by atoms with Crippen molar-refractivity contribution in [3.05, 3.63) is 111 Å². The number of nitrogens with one attached hydrogen (secondary N) is 2. The molecule has 236 valence electrons. The minimum atomic E-state index is -4.75. The number of carbonyl (C=O) groups is 1.